The first-order valence-corrected chi connectivity index (χ1v) is 5.54. The first-order chi connectivity index (χ1) is 6.70. The van der Waals surface area contributed by atoms with Gasteiger partial charge in [0.2, 0.25) is 0 Å². The molecule has 1 heterocycles. The molecule has 0 saturated heterocycles. The number of benzene rings is 1. The van der Waals surface area contributed by atoms with Crippen LogP contribution in [0.5, 0.6) is 0 Å². The number of nitro groups is 1. The van der Waals surface area contributed by atoms with Crippen molar-refractivity contribution in [1.29, 1.82) is 0 Å². The second-order valence-electron chi connectivity index (χ2n) is 3.31. The van der Waals surface area contributed by atoms with Crippen LogP contribution in [0.15, 0.2) is 18.2 Å². The third-order valence-corrected chi connectivity index (χ3v) is 3.17. The van der Waals surface area contributed by atoms with Gasteiger partial charge in [0, 0.05) is 0 Å². The van der Waals surface area contributed by atoms with E-state index in [1.807, 2.05) is 0 Å². The van der Waals surface area contributed by atoms with Crippen molar-refractivity contribution in [2.75, 3.05) is 5.32 Å². The quantitative estimate of drug-likeness (QED) is 0.496. The molecule has 0 aliphatic carbocycles. The number of hydrogen-bond donors (Lipinski definition) is 1. The second-order valence-corrected chi connectivity index (χ2v) is 4.01. The summed E-state index contributed by atoms with van der Waals surface area (Å²) in [6, 6.07) is 5.35. The van der Waals surface area contributed by atoms with E-state index in [0.29, 0.717) is 6.04 Å². The summed E-state index contributed by atoms with van der Waals surface area (Å²) in [4.78, 5) is 10.2. The summed E-state index contributed by atoms with van der Waals surface area (Å²) in [5.41, 5.74) is 2.24. The summed E-state index contributed by atoms with van der Waals surface area (Å²) in [6.45, 7) is 0. The van der Waals surface area contributed by atoms with E-state index in [4.69, 9.17) is 0 Å². The Morgan fingerprint density at radius 3 is 3.07 bits per heavy atom. The monoisotopic (exact) mass is 257 g/mol. The molecule has 4 nitrogen and oxygen atoms in total. The van der Waals surface area contributed by atoms with Crippen LogP contribution >= 0.6 is 0 Å². The summed E-state index contributed by atoms with van der Waals surface area (Å²) in [5, 5.41) is 14.7. The first-order valence-electron chi connectivity index (χ1n) is 4.32. The zero-order chi connectivity index (χ0) is 10.1. The Morgan fingerprint density at radius 2 is 2.43 bits per heavy atom. The van der Waals surface area contributed by atoms with Gasteiger partial charge in [0.1, 0.15) is 0 Å². The van der Waals surface area contributed by atoms with E-state index in [2.05, 4.69) is 21.3 Å². The molecule has 0 aromatic heterocycles. The minimum absolute atomic E-state index is 0.172. The SMILES string of the molecule is O=[N+]([O-])c1ccc2c(c1)CC(C[Se])N2. The molecule has 0 amide bonds. The van der Waals surface area contributed by atoms with E-state index in [0.717, 1.165) is 23.0 Å². The van der Waals surface area contributed by atoms with Crippen LogP contribution in [0.25, 0.3) is 0 Å². The fourth-order valence-corrected chi connectivity index (χ4v) is 2.06. The molecule has 5 heteroatoms. The Kier molecular flexibility index (Phi) is 2.44. The third kappa shape index (κ3) is 1.61. The molecule has 0 saturated carbocycles. The number of hydrogen-bond acceptors (Lipinski definition) is 3. The van der Waals surface area contributed by atoms with E-state index in [1.54, 1.807) is 12.1 Å². The van der Waals surface area contributed by atoms with Crippen molar-refractivity contribution in [3.05, 3.63) is 33.9 Å². The average molecular weight is 256 g/mol. The Labute approximate surface area is 89.7 Å². The Hall–Kier alpha value is -1.06. The molecule has 1 aromatic carbocycles. The van der Waals surface area contributed by atoms with E-state index >= 15 is 0 Å². The number of fused-ring (bicyclic) bond motifs is 1. The van der Waals surface area contributed by atoms with Crippen molar-refractivity contribution in [3.63, 3.8) is 0 Å². The zero-order valence-electron chi connectivity index (χ0n) is 7.40. The molecular formula is C9H9N2O2Se. The summed E-state index contributed by atoms with van der Waals surface area (Å²) >= 11 is 2.96. The molecule has 1 radical (unpaired) electrons. The molecule has 0 spiro atoms. The van der Waals surface area contributed by atoms with Gasteiger partial charge in [-0.1, -0.05) is 0 Å². The van der Waals surface area contributed by atoms with Crippen molar-refractivity contribution in [2.45, 2.75) is 17.8 Å². The number of nitrogens with one attached hydrogen (secondary N) is 1. The standard InChI is InChI=1S/C9H9N2O2Se/c12-11(13)8-1-2-9-6(4-8)3-7(5-14)10-9/h1-2,4,7,10H,3,5H2. The summed E-state index contributed by atoms with van der Waals surface area (Å²) in [6.07, 6.45) is 0.865. The first kappa shape index (κ1) is 9.49. The second kappa shape index (κ2) is 3.59. The maximum atomic E-state index is 10.5. The third-order valence-electron chi connectivity index (χ3n) is 2.33. The van der Waals surface area contributed by atoms with Crippen molar-refractivity contribution >= 4 is 27.4 Å². The van der Waals surface area contributed by atoms with Gasteiger partial charge >= 0.3 is 89.3 Å². The number of nitrogens with zero attached hydrogens (tertiary/aromatic N) is 1. The van der Waals surface area contributed by atoms with Crippen LogP contribution in [-0.2, 0) is 6.42 Å². The van der Waals surface area contributed by atoms with Crippen LogP contribution in [0.4, 0.5) is 11.4 Å². The molecule has 0 bridgehead atoms. The van der Waals surface area contributed by atoms with Gasteiger partial charge in [-0.25, -0.2) is 0 Å². The molecule has 1 aliphatic rings. The van der Waals surface area contributed by atoms with Gasteiger partial charge < -0.3 is 0 Å². The normalized spacial score (nSPS) is 18.8. The molecule has 1 N–H and O–H groups in total. The zero-order valence-corrected chi connectivity index (χ0v) is 9.11. The summed E-state index contributed by atoms with van der Waals surface area (Å²) < 4.78 is 0. The number of non-ortho nitro benzene ring substituents is 1. The van der Waals surface area contributed by atoms with Crippen LogP contribution in [0.3, 0.4) is 0 Å². The van der Waals surface area contributed by atoms with Gasteiger partial charge in [0.15, 0.2) is 0 Å². The topological polar surface area (TPSA) is 55.2 Å². The number of rotatable bonds is 2. The van der Waals surface area contributed by atoms with Gasteiger partial charge in [0.05, 0.1) is 0 Å². The van der Waals surface area contributed by atoms with Gasteiger partial charge in [-0.05, 0) is 0 Å². The molecule has 1 unspecified atom stereocenters. The molecule has 14 heavy (non-hydrogen) atoms. The summed E-state index contributed by atoms with van der Waals surface area (Å²) in [5.74, 6) is 0. The van der Waals surface area contributed by atoms with E-state index in [9.17, 15) is 10.1 Å². The van der Waals surface area contributed by atoms with Crippen molar-refractivity contribution < 1.29 is 4.92 Å². The van der Waals surface area contributed by atoms with E-state index < -0.39 is 0 Å². The molecule has 1 aliphatic heterocycles. The predicted molar refractivity (Wildman–Crippen MR) is 54.8 cm³/mol. The van der Waals surface area contributed by atoms with Crippen LogP contribution in [-0.4, -0.2) is 27.0 Å². The van der Waals surface area contributed by atoms with Crippen LogP contribution in [0.1, 0.15) is 5.56 Å². The Morgan fingerprint density at radius 1 is 1.64 bits per heavy atom. The maximum absolute atomic E-state index is 10.5. The van der Waals surface area contributed by atoms with Gasteiger partial charge in [-0.2, -0.15) is 0 Å². The Bertz CT molecular complexity index is 381. The van der Waals surface area contributed by atoms with Crippen LogP contribution in [0, 0.1) is 10.1 Å². The van der Waals surface area contributed by atoms with Crippen LogP contribution < -0.4 is 5.32 Å². The van der Waals surface area contributed by atoms with Crippen LogP contribution in [0.2, 0.25) is 5.32 Å². The molecule has 2 rings (SSSR count). The molecule has 1 aromatic rings. The summed E-state index contributed by atoms with van der Waals surface area (Å²) in [7, 11) is 0. The average Bonchev–Trinajstić information content (AvgIpc) is 2.58. The number of nitro benzene ring substituents is 1. The molecule has 0 fully saturated rings. The minimum atomic E-state index is -0.355. The molecule has 73 valence electrons. The van der Waals surface area contributed by atoms with E-state index in [1.165, 1.54) is 6.07 Å². The number of anilines is 1. The Balaban J connectivity index is 2.31. The van der Waals surface area contributed by atoms with Crippen molar-refractivity contribution in [2.24, 2.45) is 0 Å². The van der Waals surface area contributed by atoms with Gasteiger partial charge in [0.25, 0.3) is 0 Å². The molecule has 1 atom stereocenters. The van der Waals surface area contributed by atoms with Crippen molar-refractivity contribution in [3.8, 4) is 0 Å². The predicted octanol–water partition coefficient (Wildman–Crippen LogP) is 1.52. The van der Waals surface area contributed by atoms with Gasteiger partial charge in [-0.15, -0.1) is 0 Å². The molecular weight excluding hydrogens is 247 g/mol. The van der Waals surface area contributed by atoms with Gasteiger partial charge in [-0.3, -0.25) is 0 Å². The fourth-order valence-electron chi connectivity index (χ4n) is 1.64. The van der Waals surface area contributed by atoms with E-state index in [-0.39, 0.29) is 10.6 Å². The fraction of sp³-hybridized carbons (Fsp3) is 0.333. The van der Waals surface area contributed by atoms with Crippen molar-refractivity contribution in [1.82, 2.24) is 0 Å².